The van der Waals surface area contributed by atoms with Crippen LogP contribution < -0.4 is 10.1 Å². The first-order valence-corrected chi connectivity index (χ1v) is 6.60. The first kappa shape index (κ1) is 15.9. The van der Waals surface area contributed by atoms with Gasteiger partial charge in [-0.05, 0) is 25.6 Å². The molecule has 1 N–H and O–H groups in total. The Balaban J connectivity index is 2.22. The number of hydrogen-bond acceptors (Lipinski definition) is 5. The van der Waals surface area contributed by atoms with E-state index in [4.69, 9.17) is 14.2 Å². The molecule has 0 aromatic carbocycles. The van der Waals surface area contributed by atoms with E-state index in [1.165, 1.54) is 5.56 Å². The summed E-state index contributed by atoms with van der Waals surface area (Å²) in [6, 6.07) is 4.25. The molecule has 0 saturated carbocycles. The third-order valence-electron chi connectivity index (χ3n) is 2.81. The first-order chi connectivity index (χ1) is 9.27. The van der Waals surface area contributed by atoms with Crippen LogP contribution in [-0.4, -0.2) is 45.6 Å². The molecule has 19 heavy (non-hydrogen) atoms. The predicted molar refractivity (Wildman–Crippen MR) is 74.5 cm³/mol. The molecule has 0 aliphatic rings. The molecule has 0 aliphatic carbocycles. The Hall–Kier alpha value is -1.17. The molecule has 1 unspecified atom stereocenters. The molecule has 0 spiro atoms. The molecule has 1 heterocycles. The van der Waals surface area contributed by atoms with E-state index in [0.29, 0.717) is 38.3 Å². The maximum absolute atomic E-state index is 5.60. The lowest BCUT2D eigenvalue weighted by Crippen LogP contribution is -2.12. The minimum atomic E-state index is 0.294. The zero-order valence-electron chi connectivity index (χ0n) is 12.0. The van der Waals surface area contributed by atoms with E-state index in [0.717, 1.165) is 6.42 Å². The van der Waals surface area contributed by atoms with Gasteiger partial charge in [0.05, 0.1) is 19.8 Å². The van der Waals surface area contributed by atoms with Gasteiger partial charge in [0.15, 0.2) is 0 Å². The van der Waals surface area contributed by atoms with Crippen LogP contribution in [0.5, 0.6) is 5.88 Å². The summed E-state index contributed by atoms with van der Waals surface area (Å²) >= 11 is 0. The molecule has 1 rings (SSSR count). The monoisotopic (exact) mass is 268 g/mol. The van der Waals surface area contributed by atoms with Crippen molar-refractivity contribution in [3.05, 3.63) is 23.9 Å². The molecular formula is C14H24N2O3. The lowest BCUT2D eigenvalue weighted by atomic mass is 10.1. The average molecular weight is 268 g/mol. The molecule has 0 amide bonds. The van der Waals surface area contributed by atoms with Crippen LogP contribution in [0.2, 0.25) is 0 Å². The van der Waals surface area contributed by atoms with Crippen molar-refractivity contribution < 1.29 is 14.2 Å². The van der Waals surface area contributed by atoms with E-state index in [1.54, 1.807) is 13.3 Å². The van der Waals surface area contributed by atoms with Gasteiger partial charge in [-0.1, -0.05) is 0 Å². The van der Waals surface area contributed by atoms with E-state index in [-0.39, 0.29) is 0 Å². The zero-order chi connectivity index (χ0) is 13.9. The van der Waals surface area contributed by atoms with Crippen LogP contribution >= 0.6 is 0 Å². The Morgan fingerprint density at radius 2 is 2.11 bits per heavy atom. The summed E-state index contributed by atoms with van der Waals surface area (Å²) in [6.07, 6.45) is 2.62. The zero-order valence-corrected chi connectivity index (χ0v) is 12.0. The minimum Gasteiger partial charge on any atom is -0.478 e. The highest BCUT2D eigenvalue weighted by Crippen LogP contribution is 2.16. The minimum absolute atomic E-state index is 0.294. The summed E-state index contributed by atoms with van der Waals surface area (Å²) in [5.74, 6) is 0.663. The molecule has 1 atom stereocenters. The lowest BCUT2D eigenvalue weighted by molar-refractivity contribution is 0.0642. The highest BCUT2D eigenvalue weighted by Gasteiger charge is 2.04. The molecule has 1 aromatic heterocycles. The van der Waals surface area contributed by atoms with Crippen LogP contribution in [0.3, 0.4) is 0 Å². The van der Waals surface area contributed by atoms with Gasteiger partial charge >= 0.3 is 0 Å². The Bertz CT molecular complexity index is 347. The number of rotatable bonds is 10. The number of nitrogens with one attached hydrogen (secondary N) is 1. The molecule has 1 aromatic rings. The fourth-order valence-corrected chi connectivity index (χ4v) is 1.52. The smallest absolute Gasteiger partial charge is 0.213 e. The second-order valence-electron chi connectivity index (χ2n) is 4.24. The number of aromatic nitrogens is 1. The number of ether oxygens (including phenoxy) is 3. The van der Waals surface area contributed by atoms with Crippen molar-refractivity contribution in [2.24, 2.45) is 0 Å². The average Bonchev–Trinajstić information content (AvgIpc) is 2.46. The van der Waals surface area contributed by atoms with E-state index < -0.39 is 0 Å². The Kier molecular flexibility index (Phi) is 8.13. The first-order valence-electron chi connectivity index (χ1n) is 6.60. The fourth-order valence-electron chi connectivity index (χ4n) is 1.52. The maximum Gasteiger partial charge on any atom is 0.213 e. The second kappa shape index (κ2) is 9.72. The molecule has 0 saturated heterocycles. The van der Waals surface area contributed by atoms with E-state index >= 15 is 0 Å². The van der Waals surface area contributed by atoms with Gasteiger partial charge in [0.1, 0.15) is 0 Å². The standard InChI is InChI=1S/C14H24N2O3/c1-12(15-2)13-5-6-16-14(11-13)19-8-4-7-18-10-9-17-3/h5-6,11-12,15H,4,7-10H2,1-3H3. The van der Waals surface area contributed by atoms with Crippen LogP contribution in [-0.2, 0) is 9.47 Å². The van der Waals surface area contributed by atoms with Crippen LogP contribution in [0, 0.1) is 0 Å². The molecule has 5 heteroatoms. The van der Waals surface area contributed by atoms with Crippen LogP contribution in [0.1, 0.15) is 24.9 Å². The summed E-state index contributed by atoms with van der Waals surface area (Å²) in [5.41, 5.74) is 1.17. The van der Waals surface area contributed by atoms with Crippen LogP contribution in [0.25, 0.3) is 0 Å². The molecule has 0 radical (unpaired) electrons. The van der Waals surface area contributed by atoms with Gasteiger partial charge in [-0.3, -0.25) is 0 Å². The van der Waals surface area contributed by atoms with Gasteiger partial charge in [0, 0.05) is 38.4 Å². The van der Waals surface area contributed by atoms with E-state index in [9.17, 15) is 0 Å². The summed E-state index contributed by atoms with van der Waals surface area (Å²) in [6.45, 7) is 4.65. The maximum atomic E-state index is 5.60. The van der Waals surface area contributed by atoms with Gasteiger partial charge in [-0.25, -0.2) is 4.98 Å². The summed E-state index contributed by atoms with van der Waals surface area (Å²) in [4.78, 5) is 4.19. The quantitative estimate of drug-likeness (QED) is 0.656. The normalized spacial score (nSPS) is 12.4. The molecular weight excluding hydrogens is 244 g/mol. The predicted octanol–water partition coefficient (Wildman–Crippen LogP) is 1.79. The number of pyridine rings is 1. The largest absolute Gasteiger partial charge is 0.478 e. The number of nitrogens with zero attached hydrogens (tertiary/aromatic N) is 1. The van der Waals surface area contributed by atoms with Crippen molar-refractivity contribution in [2.45, 2.75) is 19.4 Å². The van der Waals surface area contributed by atoms with Gasteiger partial charge in [-0.2, -0.15) is 0 Å². The van der Waals surface area contributed by atoms with Gasteiger partial charge < -0.3 is 19.5 Å². The second-order valence-corrected chi connectivity index (χ2v) is 4.24. The van der Waals surface area contributed by atoms with E-state index in [2.05, 4.69) is 17.2 Å². The highest BCUT2D eigenvalue weighted by atomic mass is 16.5. The van der Waals surface area contributed by atoms with Crippen molar-refractivity contribution in [1.82, 2.24) is 10.3 Å². The fraction of sp³-hybridized carbons (Fsp3) is 0.643. The van der Waals surface area contributed by atoms with Crippen molar-refractivity contribution >= 4 is 0 Å². The van der Waals surface area contributed by atoms with Gasteiger partial charge in [-0.15, -0.1) is 0 Å². The highest BCUT2D eigenvalue weighted by molar-refractivity contribution is 5.23. The van der Waals surface area contributed by atoms with Crippen molar-refractivity contribution in [2.75, 3.05) is 40.6 Å². The SMILES string of the molecule is CNC(C)c1ccnc(OCCCOCCOC)c1. The number of hydrogen-bond donors (Lipinski definition) is 1. The Morgan fingerprint density at radius 3 is 2.84 bits per heavy atom. The lowest BCUT2D eigenvalue weighted by Gasteiger charge is -2.12. The Labute approximate surface area is 115 Å². The van der Waals surface area contributed by atoms with Gasteiger partial charge in [0.25, 0.3) is 0 Å². The van der Waals surface area contributed by atoms with Crippen molar-refractivity contribution in [1.29, 1.82) is 0 Å². The molecule has 0 aliphatic heterocycles. The summed E-state index contributed by atoms with van der Waals surface area (Å²) < 4.78 is 15.8. The molecule has 0 fully saturated rings. The third kappa shape index (κ3) is 6.52. The topological polar surface area (TPSA) is 52.6 Å². The third-order valence-corrected chi connectivity index (χ3v) is 2.81. The van der Waals surface area contributed by atoms with Crippen LogP contribution in [0.4, 0.5) is 0 Å². The summed E-state index contributed by atoms with van der Waals surface area (Å²) in [5, 5.41) is 3.19. The van der Waals surface area contributed by atoms with Gasteiger partial charge in [0.2, 0.25) is 5.88 Å². The van der Waals surface area contributed by atoms with Crippen molar-refractivity contribution in [3.8, 4) is 5.88 Å². The Morgan fingerprint density at radius 1 is 1.26 bits per heavy atom. The number of methoxy groups -OCH3 is 1. The molecule has 0 bridgehead atoms. The van der Waals surface area contributed by atoms with E-state index in [1.807, 2.05) is 19.2 Å². The molecule has 5 nitrogen and oxygen atoms in total. The van der Waals surface area contributed by atoms with Crippen molar-refractivity contribution in [3.63, 3.8) is 0 Å². The molecule has 108 valence electrons. The van der Waals surface area contributed by atoms with Crippen LogP contribution in [0.15, 0.2) is 18.3 Å². The summed E-state index contributed by atoms with van der Waals surface area (Å²) in [7, 11) is 3.60.